The van der Waals surface area contributed by atoms with Gasteiger partial charge in [-0.05, 0) is 69.1 Å². The molecule has 2 aromatic heterocycles. The summed E-state index contributed by atoms with van der Waals surface area (Å²) in [6, 6.07) is 6.94. The Bertz CT molecular complexity index is 2450. The lowest BCUT2D eigenvalue weighted by atomic mass is 9.93. The minimum Gasteiger partial charge on any atom is -0.492 e. The average molecular weight is 906 g/mol. The number of hydrogen-bond donors (Lipinski definition) is 7. The molecule has 0 saturated heterocycles. The summed E-state index contributed by atoms with van der Waals surface area (Å²) in [6.07, 6.45) is 3.24. The molecule has 2 aromatic carbocycles. The maximum absolute atomic E-state index is 14.7. The second-order valence-electron chi connectivity index (χ2n) is 16.8. The van der Waals surface area contributed by atoms with E-state index in [4.69, 9.17) is 31.9 Å². The zero-order valence-electron chi connectivity index (χ0n) is 38.4. The van der Waals surface area contributed by atoms with Crippen molar-refractivity contribution in [3.8, 4) is 40.1 Å². The minimum atomic E-state index is -1.42. The standard InChI is InChI=1S/C46H59N13O7/c1-25-37(26(2)55-39(54-25)30-23-52-45(53-24-30)46(4,5)6)42(62)57-33(12-13-47)44(64)59(7)38-29-9-11-36(66-19-16-50)32(22-29)31-20-28(8-10-35(31)65-18-15-49)21-34(41(61)51-17-14-48)58-40(60)27(3)56-43(38)63/h8-11,20,22-24,27,33-34,38H,12-13,15-19,21,47,49-50H2,1-7H3,(H,51,61)(H,56,63)(H,57,62)(H,58,60)/t27-,33?,34-,38-/m0/s1. The molecule has 3 heterocycles. The third-order valence-electron chi connectivity index (χ3n) is 10.7. The van der Waals surface area contributed by atoms with Crippen LogP contribution in [0.15, 0.2) is 48.8 Å². The van der Waals surface area contributed by atoms with Gasteiger partial charge in [-0.1, -0.05) is 32.9 Å². The van der Waals surface area contributed by atoms with Crippen molar-refractivity contribution in [2.75, 3.05) is 46.4 Å². The second-order valence-corrected chi connectivity index (χ2v) is 16.8. The van der Waals surface area contributed by atoms with Gasteiger partial charge >= 0.3 is 0 Å². The Morgan fingerprint density at radius 2 is 1.52 bits per heavy atom. The van der Waals surface area contributed by atoms with Crippen molar-refractivity contribution < 1.29 is 33.4 Å². The number of carbonyl (C=O) groups is 5. The van der Waals surface area contributed by atoms with Crippen LogP contribution in [0.1, 0.15) is 78.9 Å². The summed E-state index contributed by atoms with van der Waals surface area (Å²) in [6.45, 7) is 11.1. The molecule has 4 atom stereocenters. The first-order chi connectivity index (χ1) is 31.4. The Hall–Kier alpha value is -7.08. The van der Waals surface area contributed by atoms with Gasteiger partial charge in [0, 0.05) is 55.5 Å². The number of hydrogen-bond acceptors (Lipinski definition) is 15. The van der Waals surface area contributed by atoms with Gasteiger partial charge in [0.2, 0.25) is 23.6 Å². The molecule has 10 N–H and O–H groups in total. The van der Waals surface area contributed by atoms with E-state index >= 15 is 0 Å². The normalized spacial score (nSPS) is 16.7. The fourth-order valence-corrected chi connectivity index (χ4v) is 7.36. The van der Waals surface area contributed by atoms with E-state index in [1.807, 2.05) is 26.8 Å². The summed E-state index contributed by atoms with van der Waals surface area (Å²) < 4.78 is 12.2. The molecule has 0 aliphatic carbocycles. The third kappa shape index (κ3) is 12.0. The number of aryl methyl sites for hydroxylation is 2. The van der Waals surface area contributed by atoms with Gasteiger partial charge in [0.1, 0.15) is 61.2 Å². The van der Waals surface area contributed by atoms with E-state index in [-0.39, 0.29) is 63.2 Å². The molecule has 350 valence electrons. The highest BCUT2D eigenvalue weighted by Gasteiger charge is 2.36. The van der Waals surface area contributed by atoms with Crippen molar-refractivity contribution in [2.24, 2.45) is 17.2 Å². The maximum atomic E-state index is 14.7. The number of nitrogens with one attached hydrogen (secondary N) is 4. The molecule has 1 unspecified atom stereocenters. The van der Waals surface area contributed by atoms with Crippen molar-refractivity contribution in [2.45, 2.75) is 84.0 Å². The molecule has 5 amide bonds. The van der Waals surface area contributed by atoms with Gasteiger partial charge in [0.15, 0.2) is 5.82 Å². The predicted octanol–water partition coefficient (Wildman–Crippen LogP) is 1.02. The Morgan fingerprint density at radius 3 is 2.09 bits per heavy atom. The number of benzene rings is 2. The Kier molecular flexibility index (Phi) is 16.8. The molecular formula is C46H59N13O7. The fourth-order valence-electron chi connectivity index (χ4n) is 7.36. The smallest absolute Gasteiger partial charge is 0.255 e. The predicted molar refractivity (Wildman–Crippen MR) is 245 cm³/mol. The molecule has 4 aromatic rings. The highest BCUT2D eigenvalue weighted by Crippen LogP contribution is 2.40. The van der Waals surface area contributed by atoms with Crippen molar-refractivity contribution >= 4 is 29.5 Å². The lowest BCUT2D eigenvalue weighted by Crippen LogP contribution is -2.56. The van der Waals surface area contributed by atoms with Crippen LogP contribution in [0, 0.1) is 25.2 Å². The quantitative estimate of drug-likeness (QED) is 0.0820. The molecule has 20 heteroatoms. The van der Waals surface area contributed by atoms with Gasteiger partial charge in [-0.2, -0.15) is 5.26 Å². The van der Waals surface area contributed by atoms with Crippen LogP contribution in [0.4, 0.5) is 0 Å². The van der Waals surface area contributed by atoms with Crippen molar-refractivity contribution in [1.29, 1.82) is 5.26 Å². The number of nitrogens with two attached hydrogens (primary N) is 3. The van der Waals surface area contributed by atoms with Crippen LogP contribution in [0.5, 0.6) is 11.5 Å². The number of carbonyl (C=O) groups excluding carboxylic acids is 5. The highest BCUT2D eigenvalue weighted by atomic mass is 16.5. The molecule has 0 spiro atoms. The molecular weight excluding hydrogens is 847 g/mol. The first-order valence-electron chi connectivity index (χ1n) is 21.6. The van der Waals surface area contributed by atoms with Crippen LogP contribution in [0.3, 0.4) is 0 Å². The van der Waals surface area contributed by atoms with Crippen LogP contribution in [0.25, 0.3) is 22.5 Å². The monoisotopic (exact) mass is 905 g/mol. The first-order valence-corrected chi connectivity index (χ1v) is 21.6. The Balaban J connectivity index is 1.57. The number of nitrogens with zero attached hydrogens (tertiary/aromatic N) is 6. The van der Waals surface area contributed by atoms with Crippen LogP contribution in [-0.4, -0.2) is 119 Å². The van der Waals surface area contributed by atoms with Crippen LogP contribution in [0.2, 0.25) is 0 Å². The number of nitriles is 1. The number of amides is 5. The summed E-state index contributed by atoms with van der Waals surface area (Å²) in [5, 5.41) is 19.9. The molecule has 5 rings (SSSR count). The van der Waals surface area contributed by atoms with E-state index in [9.17, 15) is 24.0 Å². The zero-order chi connectivity index (χ0) is 48.3. The van der Waals surface area contributed by atoms with Gasteiger partial charge in [0.05, 0.1) is 28.6 Å². The molecule has 66 heavy (non-hydrogen) atoms. The van der Waals surface area contributed by atoms with Crippen molar-refractivity contribution in [3.05, 3.63) is 82.7 Å². The first kappa shape index (κ1) is 49.9. The maximum Gasteiger partial charge on any atom is 0.255 e. The largest absolute Gasteiger partial charge is 0.492 e. The van der Waals surface area contributed by atoms with Gasteiger partial charge < -0.3 is 52.8 Å². The summed E-state index contributed by atoms with van der Waals surface area (Å²) >= 11 is 0. The highest BCUT2D eigenvalue weighted by molar-refractivity contribution is 6.00. The van der Waals surface area contributed by atoms with Crippen LogP contribution >= 0.6 is 0 Å². The second kappa shape index (κ2) is 22.2. The van der Waals surface area contributed by atoms with E-state index < -0.39 is 53.7 Å². The van der Waals surface area contributed by atoms with Gasteiger partial charge in [-0.15, -0.1) is 0 Å². The molecule has 0 fully saturated rings. The lowest BCUT2D eigenvalue weighted by Gasteiger charge is -2.32. The molecule has 0 radical (unpaired) electrons. The van der Waals surface area contributed by atoms with E-state index in [0.29, 0.717) is 62.4 Å². The molecule has 20 nitrogen and oxygen atoms in total. The molecule has 1 aliphatic rings. The minimum absolute atomic E-state index is 0.00361. The topological polar surface area (TPSA) is 309 Å². The summed E-state index contributed by atoms with van der Waals surface area (Å²) in [4.78, 5) is 89.7. The number of aromatic nitrogens is 4. The number of ether oxygens (including phenoxy) is 2. The summed E-state index contributed by atoms with van der Waals surface area (Å²) in [5.74, 6) is -1.69. The van der Waals surface area contributed by atoms with Crippen LogP contribution < -0.4 is 47.9 Å². The zero-order valence-corrected chi connectivity index (χ0v) is 38.4. The average Bonchev–Trinajstić information content (AvgIpc) is 3.28. The Labute approximate surface area is 383 Å². The lowest BCUT2D eigenvalue weighted by molar-refractivity contribution is -0.141. The SMILES string of the molecule is Cc1nc(-c2cnc(C(C)(C)C)nc2)nc(C)c1C(=O)NC(CCN)C(=O)N(C)[C@@H]1C(=O)N[C@@H](C)C(=O)N[C@H](C(=O)NCC#N)Cc2ccc(OCCN)c(c2)-c2cc1ccc2OCCN. The van der Waals surface area contributed by atoms with Crippen LogP contribution in [-0.2, 0) is 31.0 Å². The summed E-state index contributed by atoms with van der Waals surface area (Å²) in [5.41, 5.74) is 20.6. The van der Waals surface area contributed by atoms with Crippen molar-refractivity contribution in [1.82, 2.24) is 46.1 Å². The molecule has 4 bridgehead atoms. The van der Waals surface area contributed by atoms with E-state index in [2.05, 4.69) is 41.2 Å². The van der Waals surface area contributed by atoms with Gasteiger partial charge in [-0.25, -0.2) is 19.9 Å². The molecule has 1 aliphatic heterocycles. The van der Waals surface area contributed by atoms with Gasteiger partial charge in [0.25, 0.3) is 5.91 Å². The third-order valence-corrected chi connectivity index (χ3v) is 10.7. The molecule has 0 saturated carbocycles. The number of likely N-dealkylation sites (N-methyl/N-ethyl adjacent to an activating group) is 1. The van der Waals surface area contributed by atoms with Crippen molar-refractivity contribution in [3.63, 3.8) is 0 Å². The summed E-state index contributed by atoms with van der Waals surface area (Å²) in [7, 11) is 1.40. The van der Waals surface area contributed by atoms with E-state index in [0.717, 1.165) is 0 Å². The van der Waals surface area contributed by atoms with E-state index in [1.54, 1.807) is 62.6 Å². The fraction of sp³-hybridized carbons (Fsp3) is 0.435. The number of fused-ring (bicyclic) bond motifs is 5. The van der Waals surface area contributed by atoms with Gasteiger partial charge in [-0.3, -0.25) is 24.0 Å². The van der Waals surface area contributed by atoms with E-state index in [1.165, 1.54) is 18.9 Å². The Morgan fingerprint density at radius 1 is 0.909 bits per heavy atom. The number of rotatable bonds is 15.